The zero-order chi connectivity index (χ0) is 29.8. The summed E-state index contributed by atoms with van der Waals surface area (Å²) in [5.74, 6) is 0. The second-order valence-corrected chi connectivity index (χ2v) is 10.2. The first-order valence-corrected chi connectivity index (χ1v) is 14.7. The largest absolute Gasteiger partial charge is 0.260 e. The maximum atomic E-state index is 5.33. The van der Waals surface area contributed by atoms with E-state index in [0.29, 0.717) is 6.54 Å². The molecule has 0 spiro atoms. The summed E-state index contributed by atoms with van der Waals surface area (Å²) in [4.78, 5) is 0. The van der Waals surface area contributed by atoms with E-state index >= 15 is 0 Å². The highest BCUT2D eigenvalue weighted by Gasteiger charge is 2.15. The van der Waals surface area contributed by atoms with Crippen LogP contribution in [0.15, 0.2) is 191 Å². The van der Waals surface area contributed by atoms with Crippen LogP contribution in [0.3, 0.4) is 0 Å². The minimum absolute atomic E-state index is 0.581. The third-order valence-electron chi connectivity index (χ3n) is 7.15. The molecule has 0 radical (unpaired) electrons. The van der Waals surface area contributed by atoms with Crippen LogP contribution in [0.4, 0.5) is 5.69 Å². The molecule has 0 aliphatic carbocycles. The zero-order valence-electron chi connectivity index (χ0n) is 24.3. The lowest BCUT2D eigenvalue weighted by atomic mass is 10.0. The molecule has 4 nitrogen and oxygen atoms in total. The van der Waals surface area contributed by atoms with E-state index in [1.165, 1.54) is 0 Å². The molecule has 0 saturated carbocycles. The van der Waals surface area contributed by atoms with Crippen molar-refractivity contribution >= 4 is 23.3 Å². The van der Waals surface area contributed by atoms with E-state index in [1.54, 1.807) is 0 Å². The highest BCUT2D eigenvalue weighted by Crippen LogP contribution is 2.24. The first-order valence-electron chi connectivity index (χ1n) is 14.7. The molecule has 0 aromatic heterocycles. The summed E-state index contributed by atoms with van der Waals surface area (Å²) in [6.45, 7) is 0.581. The van der Waals surface area contributed by atoms with Gasteiger partial charge in [-0.2, -0.15) is 10.2 Å². The van der Waals surface area contributed by atoms with Crippen molar-refractivity contribution in [1.29, 1.82) is 0 Å². The molecule has 0 aliphatic heterocycles. The van der Waals surface area contributed by atoms with Gasteiger partial charge < -0.3 is 0 Å². The Morgan fingerprint density at radius 1 is 0.455 bits per heavy atom. The van der Waals surface area contributed by atoms with Gasteiger partial charge >= 0.3 is 0 Å². The highest BCUT2D eigenvalue weighted by molar-refractivity contribution is 6.14. The van der Waals surface area contributed by atoms with Crippen molar-refractivity contribution in [1.82, 2.24) is 0 Å². The first-order chi connectivity index (χ1) is 21.8. The van der Waals surface area contributed by atoms with Gasteiger partial charge in [0.1, 0.15) is 5.71 Å². The Morgan fingerprint density at radius 3 is 1.36 bits per heavy atom. The van der Waals surface area contributed by atoms with Crippen molar-refractivity contribution in [2.45, 2.75) is 6.54 Å². The Kier molecular flexibility index (Phi) is 9.21. The summed E-state index contributed by atoms with van der Waals surface area (Å²) in [6, 6.07) is 59.5. The van der Waals surface area contributed by atoms with E-state index < -0.39 is 0 Å². The number of hydrazone groups is 1. The van der Waals surface area contributed by atoms with Crippen LogP contribution in [0.1, 0.15) is 33.4 Å². The molecule has 0 fully saturated rings. The van der Waals surface area contributed by atoms with Crippen molar-refractivity contribution < 1.29 is 0 Å². The molecular weight excluding hydrogens is 536 g/mol. The van der Waals surface area contributed by atoms with E-state index in [4.69, 9.17) is 10.2 Å². The third-order valence-corrected chi connectivity index (χ3v) is 7.15. The summed E-state index contributed by atoms with van der Waals surface area (Å²) < 4.78 is 0. The van der Waals surface area contributed by atoms with Gasteiger partial charge in [0.05, 0.1) is 24.2 Å². The zero-order valence-corrected chi connectivity index (χ0v) is 24.3. The summed E-state index contributed by atoms with van der Waals surface area (Å²) in [5.41, 5.74) is 8.81. The van der Waals surface area contributed by atoms with E-state index in [0.717, 1.165) is 50.5 Å². The summed E-state index contributed by atoms with van der Waals surface area (Å²) in [5, 5.41) is 16.8. The molecule has 6 aromatic carbocycles. The van der Waals surface area contributed by atoms with Gasteiger partial charge in [-0.3, -0.25) is 5.01 Å². The van der Waals surface area contributed by atoms with Crippen LogP contribution in [-0.4, -0.2) is 17.6 Å². The second kappa shape index (κ2) is 14.3. The lowest BCUT2D eigenvalue weighted by Crippen LogP contribution is -2.21. The Bertz CT molecular complexity index is 1770. The van der Waals surface area contributed by atoms with Crippen molar-refractivity contribution in [3.63, 3.8) is 0 Å². The maximum Gasteiger partial charge on any atom is 0.100 e. The third kappa shape index (κ3) is 7.12. The number of para-hydroxylation sites is 1. The van der Waals surface area contributed by atoms with Crippen LogP contribution in [0, 0.1) is 0 Å². The smallest absolute Gasteiger partial charge is 0.100 e. The van der Waals surface area contributed by atoms with Gasteiger partial charge in [-0.05, 0) is 11.6 Å². The van der Waals surface area contributed by atoms with Gasteiger partial charge in [-0.25, -0.2) is 0 Å². The number of benzene rings is 6. The summed E-state index contributed by atoms with van der Waals surface area (Å²) >= 11 is 0. The number of rotatable bonds is 10. The minimum atomic E-state index is 0.581. The van der Waals surface area contributed by atoms with Crippen molar-refractivity contribution in [2.75, 3.05) is 5.01 Å². The van der Waals surface area contributed by atoms with Gasteiger partial charge in [-0.1, -0.05) is 170 Å². The average Bonchev–Trinajstić information content (AvgIpc) is 3.11. The molecule has 212 valence electrons. The van der Waals surface area contributed by atoms with Crippen LogP contribution in [-0.2, 0) is 6.54 Å². The molecule has 4 heteroatoms. The predicted molar refractivity (Wildman–Crippen MR) is 184 cm³/mol. The van der Waals surface area contributed by atoms with E-state index in [2.05, 4.69) is 95.0 Å². The Morgan fingerprint density at radius 2 is 0.864 bits per heavy atom. The molecule has 0 bridgehead atoms. The number of nitrogens with zero attached hydrogens (tertiary/aromatic N) is 4. The quantitative estimate of drug-likeness (QED) is 0.120. The molecule has 0 N–H and O–H groups in total. The molecule has 44 heavy (non-hydrogen) atoms. The normalized spacial score (nSPS) is 10.7. The van der Waals surface area contributed by atoms with Gasteiger partial charge in [0.15, 0.2) is 0 Å². The van der Waals surface area contributed by atoms with Gasteiger partial charge in [0, 0.05) is 27.8 Å². The van der Waals surface area contributed by atoms with Crippen LogP contribution >= 0.6 is 0 Å². The maximum absolute atomic E-state index is 5.33. The molecule has 0 amide bonds. The monoisotopic (exact) mass is 568 g/mol. The van der Waals surface area contributed by atoms with E-state index in [-0.39, 0.29) is 0 Å². The molecule has 0 aliphatic rings. The fourth-order valence-corrected chi connectivity index (χ4v) is 4.98. The standard InChI is InChI=1S/C40H32N4/c1-6-18-32(19-7-1)31-44(43-40(35-24-12-4-13-25-35)36-26-14-5-15-27-36)38-29-17-16-28-37(38)30-41-42-39(33-20-8-2-9-21-33)34-22-10-3-11-23-34/h1-30H,31H2/b41-30+. The van der Waals surface area contributed by atoms with Crippen LogP contribution < -0.4 is 5.01 Å². The fourth-order valence-electron chi connectivity index (χ4n) is 4.98. The van der Waals surface area contributed by atoms with Crippen LogP contribution in [0.5, 0.6) is 0 Å². The minimum Gasteiger partial charge on any atom is -0.260 e. The molecule has 0 unspecified atom stereocenters. The lowest BCUT2D eigenvalue weighted by molar-refractivity contribution is 0.854. The van der Waals surface area contributed by atoms with Crippen LogP contribution in [0.2, 0.25) is 0 Å². The van der Waals surface area contributed by atoms with Crippen molar-refractivity contribution in [3.05, 3.63) is 209 Å². The molecule has 6 rings (SSSR count). The predicted octanol–water partition coefficient (Wildman–Crippen LogP) is 9.02. The lowest BCUT2D eigenvalue weighted by Gasteiger charge is -2.23. The summed E-state index contributed by atoms with van der Waals surface area (Å²) in [6.07, 6.45) is 1.82. The highest BCUT2D eigenvalue weighted by atomic mass is 15.5. The Balaban J connectivity index is 1.44. The van der Waals surface area contributed by atoms with Gasteiger partial charge in [0.2, 0.25) is 0 Å². The molecule has 0 saturated heterocycles. The van der Waals surface area contributed by atoms with Crippen molar-refractivity contribution in [2.24, 2.45) is 15.3 Å². The molecule has 6 aromatic rings. The average molecular weight is 569 g/mol. The Hall–Kier alpha value is -5.87. The van der Waals surface area contributed by atoms with E-state index in [1.807, 2.05) is 97.2 Å². The van der Waals surface area contributed by atoms with E-state index in [9.17, 15) is 0 Å². The van der Waals surface area contributed by atoms with Crippen LogP contribution in [0.25, 0.3) is 0 Å². The Labute approximate surface area is 259 Å². The molecular formula is C40H32N4. The molecule has 0 heterocycles. The number of anilines is 1. The fraction of sp³-hybridized carbons (Fsp3) is 0.0250. The SMILES string of the molecule is C(=N\N=C(c1ccccc1)c1ccccc1)/c1ccccc1N(Cc1ccccc1)N=C(c1ccccc1)c1ccccc1. The van der Waals surface area contributed by atoms with Gasteiger partial charge in [-0.15, -0.1) is 5.10 Å². The first kappa shape index (κ1) is 28.3. The number of hydrogen-bond acceptors (Lipinski definition) is 4. The second-order valence-electron chi connectivity index (χ2n) is 10.2. The topological polar surface area (TPSA) is 40.3 Å². The molecule has 0 atom stereocenters. The van der Waals surface area contributed by atoms with Gasteiger partial charge in [0.25, 0.3) is 0 Å². The number of hydrogen-bond donors (Lipinski definition) is 0. The van der Waals surface area contributed by atoms with Crippen molar-refractivity contribution in [3.8, 4) is 0 Å². The summed E-state index contributed by atoms with van der Waals surface area (Å²) in [7, 11) is 0.